The summed E-state index contributed by atoms with van der Waals surface area (Å²) in [6, 6.07) is 2.24. The number of aromatic nitrogens is 2. The lowest BCUT2D eigenvalue weighted by molar-refractivity contribution is -0.141. The van der Waals surface area contributed by atoms with Gasteiger partial charge in [-0.15, -0.1) is 10.2 Å². The average molecular weight is 349 g/mol. The fraction of sp³-hybridized carbons (Fsp3) is 0.562. The fourth-order valence-electron chi connectivity index (χ4n) is 2.66. The maximum atomic E-state index is 12.6. The second-order valence-corrected chi connectivity index (χ2v) is 5.97. The summed E-state index contributed by atoms with van der Waals surface area (Å²) in [7, 11) is 0. The molecule has 1 aliphatic rings. The van der Waals surface area contributed by atoms with Crippen LogP contribution in [0.3, 0.4) is 0 Å². The first-order valence-electron chi connectivity index (χ1n) is 8.27. The number of carboxylic acids is 1. The standard InChI is InChI=1S/C16H23N5O4/c1-11(16(24)25)21(10-7-17-12(2)22)15(23)13-5-6-14(19-18-13)20-8-3-4-9-20/h5-6,11H,3-4,7-10H2,1-2H3,(H,17,22)(H,24,25). The molecule has 2 rings (SSSR count). The molecule has 2 heterocycles. The van der Waals surface area contributed by atoms with Gasteiger partial charge in [0.15, 0.2) is 11.5 Å². The van der Waals surface area contributed by atoms with Crippen molar-refractivity contribution in [3.8, 4) is 0 Å². The Morgan fingerprint density at radius 2 is 1.96 bits per heavy atom. The Kier molecular flexibility index (Phi) is 6.26. The molecule has 1 fully saturated rings. The first kappa shape index (κ1) is 18.6. The second-order valence-electron chi connectivity index (χ2n) is 5.97. The molecule has 9 nitrogen and oxygen atoms in total. The zero-order valence-electron chi connectivity index (χ0n) is 14.4. The summed E-state index contributed by atoms with van der Waals surface area (Å²) in [6.45, 7) is 4.84. The summed E-state index contributed by atoms with van der Waals surface area (Å²) < 4.78 is 0. The first-order valence-corrected chi connectivity index (χ1v) is 8.27. The van der Waals surface area contributed by atoms with E-state index in [4.69, 9.17) is 0 Å². The number of carbonyl (C=O) groups is 3. The number of hydrogen-bond acceptors (Lipinski definition) is 6. The maximum Gasteiger partial charge on any atom is 0.326 e. The molecule has 1 aromatic rings. The van der Waals surface area contributed by atoms with Crippen molar-refractivity contribution < 1.29 is 19.5 Å². The number of rotatable bonds is 7. The number of nitrogens with zero attached hydrogens (tertiary/aromatic N) is 4. The van der Waals surface area contributed by atoms with E-state index in [0.717, 1.165) is 30.8 Å². The highest BCUT2D eigenvalue weighted by atomic mass is 16.4. The molecule has 0 radical (unpaired) electrons. The van der Waals surface area contributed by atoms with Crippen LogP contribution in [0, 0.1) is 0 Å². The summed E-state index contributed by atoms with van der Waals surface area (Å²) in [5, 5.41) is 19.8. The zero-order valence-corrected chi connectivity index (χ0v) is 14.4. The van der Waals surface area contributed by atoms with Gasteiger partial charge in [-0.25, -0.2) is 4.79 Å². The molecule has 0 bridgehead atoms. The van der Waals surface area contributed by atoms with Gasteiger partial charge in [-0.05, 0) is 31.9 Å². The van der Waals surface area contributed by atoms with Crippen LogP contribution < -0.4 is 10.2 Å². The third-order valence-electron chi connectivity index (χ3n) is 4.11. The zero-order chi connectivity index (χ0) is 18.4. The van der Waals surface area contributed by atoms with Crippen molar-refractivity contribution in [2.75, 3.05) is 31.1 Å². The molecular formula is C16H23N5O4. The molecule has 136 valence electrons. The molecule has 2 amide bonds. The van der Waals surface area contributed by atoms with Gasteiger partial charge in [0.25, 0.3) is 5.91 Å². The molecule has 9 heteroatoms. The monoisotopic (exact) mass is 349 g/mol. The molecule has 2 N–H and O–H groups in total. The third kappa shape index (κ3) is 4.88. The lowest BCUT2D eigenvalue weighted by atomic mass is 10.2. The minimum absolute atomic E-state index is 0.0709. The summed E-state index contributed by atoms with van der Waals surface area (Å²) >= 11 is 0. The minimum Gasteiger partial charge on any atom is -0.480 e. The van der Waals surface area contributed by atoms with Gasteiger partial charge in [0.1, 0.15) is 6.04 Å². The van der Waals surface area contributed by atoms with Gasteiger partial charge in [0.05, 0.1) is 0 Å². The van der Waals surface area contributed by atoms with Crippen molar-refractivity contribution in [1.82, 2.24) is 20.4 Å². The largest absolute Gasteiger partial charge is 0.480 e. The normalized spacial score (nSPS) is 14.9. The molecule has 1 saturated heterocycles. The Bertz CT molecular complexity index is 628. The summed E-state index contributed by atoms with van der Waals surface area (Å²) in [5.41, 5.74) is 0.0823. The minimum atomic E-state index is -1.13. The number of carboxylic acid groups (broad SMARTS) is 1. The number of carbonyl (C=O) groups excluding carboxylic acids is 2. The Morgan fingerprint density at radius 1 is 1.28 bits per heavy atom. The Hall–Kier alpha value is -2.71. The number of nitrogens with one attached hydrogen (secondary N) is 1. The Labute approximate surface area is 146 Å². The molecule has 1 aromatic heterocycles. The van der Waals surface area contributed by atoms with Crippen LogP contribution in [0.2, 0.25) is 0 Å². The van der Waals surface area contributed by atoms with Crippen LogP contribution in [0.4, 0.5) is 5.82 Å². The predicted molar refractivity (Wildman–Crippen MR) is 90.3 cm³/mol. The first-order chi connectivity index (χ1) is 11.9. The molecule has 1 aliphatic heterocycles. The van der Waals surface area contributed by atoms with Crippen molar-refractivity contribution in [2.24, 2.45) is 0 Å². The van der Waals surface area contributed by atoms with Crippen molar-refractivity contribution >= 4 is 23.6 Å². The smallest absolute Gasteiger partial charge is 0.326 e. The summed E-state index contributed by atoms with van der Waals surface area (Å²) in [6.07, 6.45) is 2.21. The van der Waals surface area contributed by atoms with E-state index in [-0.39, 0.29) is 24.7 Å². The van der Waals surface area contributed by atoms with E-state index in [0.29, 0.717) is 5.82 Å². The number of anilines is 1. The van der Waals surface area contributed by atoms with E-state index < -0.39 is 17.9 Å². The van der Waals surface area contributed by atoms with Gasteiger partial charge in [-0.3, -0.25) is 9.59 Å². The van der Waals surface area contributed by atoms with Crippen LogP contribution in [0.25, 0.3) is 0 Å². The van der Waals surface area contributed by atoms with Crippen LogP contribution in [0.15, 0.2) is 12.1 Å². The van der Waals surface area contributed by atoms with Crippen LogP contribution >= 0.6 is 0 Å². The van der Waals surface area contributed by atoms with Gasteiger partial charge in [0.2, 0.25) is 5.91 Å². The Balaban J connectivity index is 2.10. The maximum absolute atomic E-state index is 12.6. The predicted octanol–water partition coefficient (Wildman–Crippen LogP) is 0.128. The molecule has 0 saturated carbocycles. The van der Waals surface area contributed by atoms with E-state index in [1.807, 2.05) is 0 Å². The molecule has 25 heavy (non-hydrogen) atoms. The van der Waals surface area contributed by atoms with Gasteiger partial charge in [-0.2, -0.15) is 0 Å². The number of aliphatic carboxylic acids is 1. The SMILES string of the molecule is CC(=O)NCCN(C(=O)c1ccc(N2CCCC2)nn1)C(C)C(=O)O. The van der Waals surface area contributed by atoms with Crippen molar-refractivity contribution in [1.29, 1.82) is 0 Å². The van der Waals surface area contributed by atoms with E-state index >= 15 is 0 Å². The second kappa shape index (κ2) is 8.41. The summed E-state index contributed by atoms with van der Waals surface area (Å²) in [5.74, 6) is -1.19. The highest BCUT2D eigenvalue weighted by Crippen LogP contribution is 2.17. The molecule has 0 aliphatic carbocycles. The van der Waals surface area contributed by atoms with E-state index in [1.165, 1.54) is 13.8 Å². The number of hydrogen-bond donors (Lipinski definition) is 2. The number of amides is 2. The van der Waals surface area contributed by atoms with Gasteiger partial charge < -0.3 is 20.2 Å². The molecule has 0 aromatic carbocycles. The lowest BCUT2D eigenvalue weighted by Crippen LogP contribution is -2.47. The van der Waals surface area contributed by atoms with Gasteiger partial charge >= 0.3 is 5.97 Å². The van der Waals surface area contributed by atoms with Crippen LogP contribution in [0.5, 0.6) is 0 Å². The van der Waals surface area contributed by atoms with Crippen LogP contribution in [-0.4, -0.2) is 70.2 Å². The van der Waals surface area contributed by atoms with E-state index in [1.54, 1.807) is 12.1 Å². The third-order valence-corrected chi connectivity index (χ3v) is 4.11. The van der Waals surface area contributed by atoms with Gasteiger partial charge in [0, 0.05) is 33.1 Å². The molecule has 0 spiro atoms. The van der Waals surface area contributed by atoms with Crippen molar-refractivity contribution in [3.05, 3.63) is 17.8 Å². The van der Waals surface area contributed by atoms with Crippen LogP contribution in [0.1, 0.15) is 37.2 Å². The Morgan fingerprint density at radius 3 is 2.48 bits per heavy atom. The van der Waals surface area contributed by atoms with E-state index in [2.05, 4.69) is 20.4 Å². The lowest BCUT2D eigenvalue weighted by Gasteiger charge is -2.26. The van der Waals surface area contributed by atoms with Crippen molar-refractivity contribution in [3.63, 3.8) is 0 Å². The molecular weight excluding hydrogens is 326 g/mol. The van der Waals surface area contributed by atoms with Crippen molar-refractivity contribution in [2.45, 2.75) is 32.7 Å². The highest BCUT2D eigenvalue weighted by Gasteiger charge is 2.27. The highest BCUT2D eigenvalue weighted by molar-refractivity contribution is 5.95. The van der Waals surface area contributed by atoms with E-state index in [9.17, 15) is 19.5 Å². The summed E-state index contributed by atoms with van der Waals surface area (Å²) in [4.78, 5) is 38.1. The molecule has 1 atom stereocenters. The van der Waals surface area contributed by atoms with Gasteiger partial charge in [-0.1, -0.05) is 0 Å². The fourth-order valence-corrected chi connectivity index (χ4v) is 2.66. The quantitative estimate of drug-likeness (QED) is 0.718. The molecule has 1 unspecified atom stereocenters. The topological polar surface area (TPSA) is 116 Å². The average Bonchev–Trinajstić information content (AvgIpc) is 3.12. The van der Waals surface area contributed by atoms with Crippen LogP contribution in [-0.2, 0) is 9.59 Å².